The zero-order chi connectivity index (χ0) is 11.5. The SMILES string of the molecule is c1ccc(N2CCC(C3CCOCC3)C2)nc1. The van der Waals surface area contributed by atoms with E-state index in [0.717, 1.165) is 30.9 Å². The van der Waals surface area contributed by atoms with E-state index in [1.807, 2.05) is 12.3 Å². The Labute approximate surface area is 103 Å². The van der Waals surface area contributed by atoms with Crippen LogP contribution in [0.15, 0.2) is 24.4 Å². The number of ether oxygens (including phenoxy) is 1. The van der Waals surface area contributed by atoms with Crippen molar-refractivity contribution in [2.45, 2.75) is 19.3 Å². The van der Waals surface area contributed by atoms with Crippen molar-refractivity contribution >= 4 is 5.82 Å². The van der Waals surface area contributed by atoms with Crippen molar-refractivity contribution in [2.75, 3.05) is 31.2 Å². The number of pyridine rings is 1. The standard InChI is InChI=1S/C14H20N2O/c1-2-7-15-14(3-1)16-8-4-13(11-16)12-5-9-17-10-6-12/h1-3,7,12-13H,4-6,8-11H2. The molecule has 3 nitrogen and oxygen atoms in total. The lowest BCUT2D eigenvalue weighted by Gasteiger charge is -2.27. The van der Waals surface area contributed by atoms with E-state index in [1.165, 1.54) is 32.4 Å². The van der Waals surface area contributed by atoms with Gasteiger partial charge in [0.25, 0.3) is 0 Å². The van der Waals surface area contributed by atoms with Crippen LogP contribution in [0.5, 0.6) is 0 Å². The van der Waals surface area contributed by atoms with Crippen LogP contribution in [-0.2, 0) is 4.74 Å². The molecule has 1 atom stereocenters. The fraction of sp³-hybridized carbons (Fsp3) is 0.643. The Morgan fingerprint density at radius 1 is 1.12 bits per heavy atom. The number of nitrogens with zero attached hydrogens (tertiary/aromatic N) is 2. The van der Waals surface area contributed by atoms with E-state index in [-0.39, 0.29) is 0 Å². The van der Waals surface area contributed by atoms with Gasteiger partial charge >= 0.3 is 0 Å². The van der Waals surface area contributed by atoms with E-state index in [4.69, 9.17) is 4.74 Å². The maximum atomic E-state index is 5.44. The van der Waals surface area contributed by atoms with Gasteiger partial charge in [0.05, 0.1) is 0 Å². The molecule has 0 aliphatic carbocycles. The molecule has 0 saturated carbocycles. The molecule has 2 aliphatic rings. The molecule has 0 bridgehead atoms. The van der Waals surface area contributed by atoms with Crippen molar-refractivity contribution in [2.24, 2.45) is 11.8 Å². The van der Waals surface area contributed by atoms with Gasteiger partial charge in [-0.1, -0.05) is 6.07 Å². The Balaban J connectivity index is 1.61. The second kappa shape index (κ2) is 5.05. The molecule has 0 amide bonds. The van der Waals surface area contributed by atoms with Crippen molar-refractivity contribution in [3.8, 4) is 0 Å². The molecule has 92 valence electrons. The summed E-state index contributed by atoms with van der Waals surface area (Å²) in [5.74, 6) is 2.86. The summed E-state index contributed by atoms with van der Waals surface area (Å²) in [6, 6.07) is 6.17. The molecule has 0 aromatic carbocycles. The van der Waals surface area contributed by atoms with Gasteiger partial charge in [-0.05, 0) is 43.2 Å². The summed E-state index contributed by atoms with van der Waals surface area (Å²) < 4.78 is 5.44. The van der Waals surface area contributed by atoms with E-state index in [9.17, 15) is 0 Å². The van der Waals surface area contributed by atoms with E-state index < -0.39 is 0 Å². The molecular weight excluding hydrogens is 212 g/mol. The average molecular weight is 232 g/mol. The molecule has 1 aromatic rings. The first-order valence-corrected chi connectivity index (χ1v) is 6.67. The summed E-state index contributed by atoms with van der Waals surface area (Å²) in [7, 11) is 0. The maximum Gasteiger partial charge on any atom is 0.128 e. The summed E-state index contributed by atoms with van der Waals surface area (Å²) in [6.07, 6.45) is 5.71. The van der Waals surface area contributed by atoms with Gasteiger partial charge in [0.1, 0.15) is 5.82 Å². The summed E-state index contributed by atoms with van der Waals surface area (Å²) in [5.41, 5.74) is 0. The number of hydrogen-bond donors (Lipinski definition) is 0. The summed E-state index contributed by atoms with van der Waals surface area (Å²) in [6.45, 7) is 4.27. The third-order valence-corrected chi connectivity index (χ3v) is 4.13. The van der Waals surface area contributed by atoms with Gasteiger partial charge < -0.3 is 9.64 Å². The van der Waals surface area contributed by atoms with Crippen LogP contribution in [0, 0.1) is 11.8 Å². The van der Waals surface area contributed by atoms with Gasteiger partial charge in [-0.25, -0.2) is 4.98 Å². The Morgan fingerprint density at radius 3 is 2.76 bits per heavy atom. The minimum Gasteiger partial charge on any atom is -0.381 e. The quantitative estimate of drug-likeness (QED) is 0.782. The van der Waals surface area contributed by atoms with Gasteiger partial charge in [0, 0.05) is 32.5 Å². The number of hydrogen-bond acceptors (Lipinski definition) is 3. The minimum absolute atomic E-state index is 0.848. The third kappa shape index (κ3) is 2.44. The van der Waals surface area contributed by atoms with Crippen LogP contribution in [-0.4, -0.2) is 31.3 Å². The number of anilines is 1. The van der Waals surface area contributed by atoms with Crippen LogP contribution >= 0.6 is 0 Å². The molecule has 17 heavy (non-hydrogen) atoms. The van der Waals surface area contributed by atoms with Crippen LogP contribution in [0.2, 0.25) is 0 Å². The molecule has 1 aromatic heterocycles. The maximum absolute atomic E-state index is 5.44. The summed E-state index contributed by atoms with van der Waals surface area (Å²) in [5, 5.41) is 0. The number of aromatic nitrogens is 1. The highest BCUT2D eigenvalue weighted by atomic mass is 16.5. The van der Waals surface area contributed by atoms with Crippen LogP contribution < -0.4 is 4.90 Å². The van der Waals surface area contributed by atoms with Gasteiger partial charge in [0.15, 0.2) is 0 Å². The van der Waals surface area contributed by atoms with E-state index in [0.29, 0.717) is 0 Å². The molecule has 0 N–H and O–H groups in total. The predicted octanol–water partition coefficient (Wildman–Crippen LogP) is 2.33. The van der Waals surface area contributed by atoms with Gasteiger partial charge in [-0.2, -0.15) is 0 Å². The molecule has 1 unspecified atom stereocenters. The Hall–Kier alpha value is -1.09. The first kappa shape index (κ1) is 11.0. The fourth-order valence-electron chi connectivity index (χ4n) is 3.11. The largest absolute Gasteiger partial charge is 0.381 e. The fourth-order valence-corrected chi connectivity index (χ4v) is 3.11. The first-order valence-electron chi connectivity index (χ1n) is 6.67. The molecule has 2 fully saturated rings. The highest BCUT2D eigenvalue weighted by Gasteiger charge is 2.30. The van der Waals surface area contributed by atoms with Crippen molar-refractivity contribution in [3.05, 3.63) is 24.4 Å². The molecule has 0 radical (unpaired) electrons. The highest BCUT2D eigenvalue weighted by molar-refractivity contribution is 5.38. The van der Waals surface area contributed by atoms with Crippen molar-refractivity contribution < 1.29 is 4.74 Å². The molecule has 3 rings (SSSR count). The van der Waals surface area contributed by atoms with Crippen molar-refractivity contribution in [1.29, 1.82) is 0 Å². The van der Waals surface area contributed by atoms with Crippen LogP contribution in [0.4, 0.5) is 5.82 Å². The molecule has 2 saturated heterocycles. The first-order chi connectivity index (χ1) is 8.43. The molecule has 3 heterocycles. The van der Waals surface area contributed by atoms with Crippen LogP contribution in [0.3, 0.4) is 0 Å². The Kier molecular flexibility index (Phi) is 3.27. The van der Waals surface area contributed by atoms with Crippen molar-refractivity contribution in [1.82, 2.24) is 4.98 Å². The second-order valence-electron chi connectivity index (χ2n) is 5.13. The molecule has 3 heteroatoms. The Bertz CT molecular complexity index is 348. The lowest BCUT2D eigenvalue weighted by Crippen LogP contribution is -2.27. The molecule has 0 spiro atoms. The molecular formula is C14H20N2O. The third-order valence-electron chi connectivity index (χ3n) is 4.13. The number of rotatable bonds is 2. The zero-order valence-electron chi connectivity index (χ0n) is 10.2. The monoisotopic (exact) mass is 232 g/mol. The Morgan fingerprint density at radius 2 is 2.00 bits per heavy atom. The van der Waals surface area contributed by atoms with E-state index in [1.54, 1.807) is 0 Å². The van der Waals surface area contributed by atoms with E-state index in [2.05, 4.69) is 22.0 Å². The molecule has 2 aliphatic heterocycles. The predicted molar refractivity (Wildman–Crippen MR) is 68.1 cm³/mol. The summed E-state index contributed by atoms with van der Waals surface area (Å²) in [4.78, 5) is 6.87. The van der Waals surface area contributed by atoms with Crippen LogP contribution in [0.25, 0.3) is 0 Å². The van der Waals surface area contributed by atoms with Gasteiger partial charge in [0.2, 0.25) is 0 Å². The lowest BCUT2D eigenvalue weighted by molar-refractivity contribution is 0.0500. The topological polar surface area (TPSA) is 25.4 Å². The normalized spacial score (nSPS) is 26.4. The second-order valence-corrected chi connectivity index (χ2v) is 5.13. The van der Waals surface area contributed by atoms with E-state index >= 15 is 0 Å². The smallest absolute Gasteiger partial charge is 0.128 e. The van der Waals surface area contributed by atoms with Gasteiger partial charge in [-0.3, -0.25) is 0 Å². The van der Waals surface area contributed by atoms with Crippen molar-refractivity contribution in [3.63, 3.8) is 0 Å². The van der Waals surface area contributed by atoms with Crippen LogP contribution in [0.1, 0.15) is 19.3 Å². The zero-order valence-corrected chi connectivity index (χ0v) is 10.2. The summed E-state index contributed by atoms with van der Waals surface area (Å²) >= 11 is 0. The lowest BCUT2D eigenvalue weighted by atomic mass is 9.85. The average Bonchev–Trinajstić information content (AvgIpc) is 2.90. The minimum atomic E-state index is 0.848. The highest BCUT2D eigenvalue weighted by Crippen LogP contribution is 2.32. The van der Waals surface area contributed by atoms with Gasteiger partial charge in [-0.15, -0.1) is 0 Å².